The largest absolute Gasteiger partial charge is 3.00 e. The zero-order valence-electron chi connectivity index (χ0n) is 32.4. The van der Waals surface area contributed by atoms with Crippen LogP contribution >= 0.6 is 23.2 Å². The van der Waals surface area contributed by atoms with Crippen molar-refractivity contribution < 1.29 is 165 Å². The minimum absolute atomic E-state index is 0. The Hall–Kier alpha value is -2.86. The van der Waals surface area contributed by atoms with Crippen molar-refractivity contribution in [3.8, 4) is 0 Å². The molecule has 4 aromatic rings. The maximum atomic E-state index is 10.1. The molecule has 0 aliphatic heterocycles. The number of carboxylic acid groups (broad SMARTS) is 5. The third-order valence-corrected chi connectivity index (χ3v) is 3.50. The summed E-state index contributed by atoms with van der Waals surface area (Å²) in [5.74, 6) is -5.42. The third-order valence-electron chi connectivity index (χ3n) is 3.50. The maximum Gasteiger partial charge on any atom is 3.00 e. The number of carboxylic acids is 5. The number of halogens is 2. The molecule has 0 aliphatic carbocycles. The molecular weight excluding hydrogens is 1120 g/mol. The molecule has 4 aromatic heterocycles. The van der Waals surface area contributed by atoms with Gasteiger partial charge in [0.25, 0.3) is 0 Å². The van der Waals surface area contributed by atoms with Gasteiger partial charge in [0.2, 0.25) is 0 Å². The molecule has 0 spiro atoms. The van der Waals surface area contributed by atoms with Crippen LogP contribution in [0.3, 0.4) is 0 Å². The fraction of sp³-hybridized carbons (Fsp3) is 0.286. The average molecular weight is 1160 g/mol. The first-order chi connectivity index (χ1) is 25.8. The Morgan fingerprint density at radius 2 is 0.533 bits per heavy atom. The van der Waals surface area contributed by atoms with Crippen LogP contribution < -0.4 is 46.0 Å². The fourth-order valence-electron chi connectivity index (χ4n) is 1.93. The van der Waals surface area contributed by atoms with E-state index in [0.29, 0.717) is 22.8 Å². The minimum atomic E-state index is -1.08. The van der Waals surface area contributed by atoms with Crippen LogP contribution in [-0.2, 0) is 105 Å². The van der Waals surface area contributed by atoms with Crippen molar-refractivity contribution in [3.05, 3.63) is 120 Å². The van der Waals surface area contributed by atoms with Gasteiger partial charge in [-0.3, -0.25) is 19.9 Å². The van der Waals surface area contributed by atoms with Gasteiger partial charge in [0.1, 0.15) is 0 Å². The van der Waals surface area contributed by atoms with E-state index in [1.54, 1.807) is 97.6 Å². The van der Waals surface area contributed by atoms with Gasteiger partial charge >= 0.3 is 89.4 Å². The van der Waals surface area contributed by atoms with Crippen LogP contribution in [0, 0.1) is 39.9 Å². The van der Waals surface area contributed by atoms with E-state index in [1.807, 2.05) is 0 Å². The molecule has 0 bridgehead atoms. The minimum Gasteiger partial charge on any atom is -0.850 e. The molecule has 0 unspecified atom stereocenters. The van der Waals surface area contributed by atoms with Crippen molar-refractivity contribution >= 4 is 53.0 Å². The number of nitrogens with zero attached hydrogens (tertiary/aromatic N) is 4. The molecule has 0 saturated carbocycles. The molecule has 0 aromatic carbocycles. The van der Waals surface area contributed by atoms with Crippen LogP contribution in [0.2, 0.25) is 0 Å². The van der Waals surface area contributed by atoms with E-state index in [2.05, 4.69) is 19.9 Å². The number of alkyl halides is 2. The Labute approximate surface area is 420 Å². The summed E-state index contributed by atoms with van der Waals surface area (Å²) in [7, 11) is 0. The molecule has 25 heteroatoms. The molecule has 1 radical (unpaired) electrons. The second-order valence-corrected chi connectivity index (χ2v) is 9.23. The summed E-state index contributed by atoms with van der Waals surface area (Å²) in [6, 6.07) is 21.2. The number of hydrogen-bond donors (Lipinski definition) is 0. The molecule has 0 aliphatic rings. The molecular formula is C35H44Cl2GdN4Ni3O15+. The van der Waals surface area contributed by atoms with Gasteiger partial charge in [0.15, 0.2) is 0 Å². The molecule has 60 heavy (non-hydrogen) atoms. The van der Waals surface area contributed by atoms with Crippen LogP contribution in [0.4, 0.5) is 0 Å². The molecule has 4 heterocycles. The fourth-order valence-corrected chi connectivity index (χ4v) is 1.93. The molecule has 0 fully saturated rings. The molecule has 19 nitrogen and oxygen atoms in total. The zero-order valence-corrected chi connectivity index (χ0v) is 39.2. The maximum absolute atomic E-state index is 10.1. The van der Waals surface area contributed by atoms with Gasteiger partial charge in [-0.2, -0.15) is 0 Å². The van der Waals surface area contributed by atoms with E-state index in [4.69, 9.17) is 72.7 Å². The number of rotatable bonds is 4. The standard InChI is InChI=1S/4C6H6NO.5C2H4O2.CH2Cl2.Gd.3Ni.H2O/c4*8-5-6-3-1-2-4-7-6;5*1-2(3)4;2-1-3;;;;;/h4*1-4H,5H2;5*1H3,(H,3,4);1H2;;;;;1H2/q4*-1;;;;;;;+3;3*+2;/p-4. The quantitative estimate of drug-likeness (QED) is 0.104. The number of carbonyl (C=O) groups is 5. The van der Waals surface area contributed by atoms with Crippen molar-refractivity contribution in [2.75, 3.05) is 5.34 Å². The number of pyridine rings is 4. The first kappa shape index (κ1) is 84.6. The SMILES string of the molecule is CC(=O)[O-].CC(=O)[O-].CC(=O)[O-].CC(=O)[O-].CC(=O)[O-].ClCCl.[Gd+3].[Ni+2].[Ni+2].[Ni+2].[O-]Cc1ccccn1.[O-]Cc1ccccn1.[O-]Cc1ccccn1.[O-]Cc1ccccn1.[OH3+]. The van der Waals surface area contributed by atoms with Crippen molar-refractivity contribution in [2.24, 2.45) is 0 Å². The Balaban J connectivity index is -0.0000000500. The first-order valence-corrected chi connectivity index (χ1v) is 15.8. The molecule has 0 atom stereocenters. The number of aromatic nitrogens is 4. The number of hydrogen-bond acceptors (Lipinski definition) is 18. The third kappa shape index (κ3) is 117. The van der Waals surface area contributed by atoms with Gasteiger partial charge in [-0.15, -0.1) is 23.2 Å². The molecule has 3 N–H and O–H groups in total. The summed E-state index contributed by atoms with van der Waals surface area (Å²) < 4.78 is 0. The Kier molecular flexibility index (Phi) is 99.6. The zero-order chi connectivity index (χ0) is 43.9. The normalized spacial score (nSPS) is 7.25. The first-order valence-electron chi connectivity index (χ1n) is 14.7. The summed E-state index contributed by atoms with van der Waals surface area (Å²) in [5.41, 5.74) is 2.42. The van der Waals surface area contributed by atoms with Crippen molar-refractivity contribution in [3.63, 3.8) is 0 Å². The van der Waals surface area contributed by atoms with Crippen LogP contribution in [-0.4, -0.2) is 55.1 Å². The predicted octanol–water partition coefficient (Wildman–Crippen LogP) is -5.96. The summed E-state index contributed by atoms with van der Waals surface area (Å²) in [6.45, 7) is 3.98. The average Bonchev–Trinajstić information content (AvgIpc) is 3.13. The molecule has 4 rings (SSSR count). The van der Waals surface area contributed by atoms with Crippen LogP contribution in [0.25, 0.3) is 0 Å². The van der Waals surface area contributed by atoms with Crippen molar-refractivity contribution in [2.45, 2.75) is 61.0 Å². The van der Waals surface area contributed by atoms with E-state index in [9.17, 15) is 20.4 Å². The summed E-state index contributed by atoms with van der Waals surface area (Å²) in [4.78, 5) is 59.6. The second kappa shape index (κ2) is 70.7. The summed E-state index contributed by atoms with van der Waals surface area (Å²) >= 11 is 9.53. The van der Waals surface area contributed by atoms with Gasteiger partial charge in [0.05, 0.1) is 5.34 Å². The Bertz CT molecular complexity index is 1210. The van der Waals surface area contributed by atoms with Gasteiger partial charge in [-0.25, -0.2) is 0 Å². The van der Waals surface area contributed by atoms with Gasteiger partial charge in [-0.1, -0.05) is 50.7 Å². The van der Waals surface area contributed by atoms with E-state index in [1.165, 1.54) is 0 Å². The van der Waals surface area contributed by atoms with Gasteiger partial charge < -0.3 is 75.4 Å². The topological polar surface area (TPSA) is 377 Å². The summed E-state index contributed by atoms with van der Waals surface area (Å²) in [6.07, 6.45) is 6.47. The van der Waals surface area contributed by atoms with E-state index in [-0.39, 0.29) is 127 Å². The van der Waals surface area contributed by atoms with E-state index in [0.717, 1.165) is 34.6 Å². The van der Waals surface area contributed by atoms with E-state index >= 15 is 0 Å². The smallest absolute Gasteiger partial charge is 0.850 e. The molecule has 0 amide bonds. The number of aliphatic carboxylic acids is 5. The van der Waals surface area contributed by atoms with E-state index < -0.39 is 29.8 Å². The van der Waals surface area contributed by atoms with Gasteiger partial charge in [0, 0.05) is 77.4 Å². The Morgan fingerprint density at radius 1 is 0.417 bits per heavy atom. The van der Waals surface area contributed by atoms with Crippen LogP contribution in [0.1, 0.15) is 57.4 Å². The summed E-state index contributed by atoms with van der Waals surface area (Å²) in [5, 5.41) is 84.9. The van der Waals surface area contributed by atoms with Crippen LogP contribution in [0.15, 0.2) is 97.6 Å². The van der Waals surface area contributed by atoms with Crippen molar-refractivity contribution in [1.82, 2.24) is 19.9 Å². The monoisotopic (exact) mass is 1160 g/mol. The molecule has 0 saturated heterocycles. The van der Waals surface area contributed by atoms with Gasteiger partial charge in [-0.05, 0) is 83.1 Å². The molecule has 345 valence electrons. The number of carbonyl (C=O) groups excluding carboxylic acids is 5. The van der Waals surface area contributed by atoms with Crippen LogP contribution in [0.5, 0.6) is 0 Å². The second-order valence-electron chi connectivity index (χ2n) is 8.42. The Morgan fingerprint density at radius 3 is 0.583 bits per heavy atom. The predicted molar refractivity (Wildman–Crippen MR) is 187 cm³/mol. The van der Waals surface area contributed by atoms with Crippen molar-refractivity contribution in [1.29, 1.82) is 0 Å².